The standard InChI is InChI=1S/C21H32N6OS/c1-25(2)20(28)17-24-21(27(4)15-11-19-22-13-16-29-19)23-12-8-14-26(3)18-9-6-5-7-10-18/h5-7,9-10,13,16H,8,11-12,14-15,17H2,1-4H3,(H,23,24). The first kappa shape index (κ1) is 22.7. The van der Waals surface area contributed by atoms with Crippen LogP contribution in [0.1, 0.15) is 11.4 Å². The van der Waals surface area contributed by atoms with Gasteiger partial charge in [0.15, 0.2) is 5.96 Å². The lowest BCUT2D eigenvalue weighted by Gasteiger charge is -2.23. The van der Waals surface area contributed by atoms with Crippen LogP contribution in [-0.2, 0) is 11.2 Å². The summed E-state index contributed by atoms with van der Waals surface area (Å²) in [6, 6.07) is 10.3. The van der Waals surface area contributed by atoms with Gasteiger partial charge in [0.25, 0.3) is 0 Å². The minimum atomic E-state index is -0.0126. The molecule has 0 spiro atoms. The number of benzene rings is 1. The molecule has 1 heterocycles. The molecule has 2 aromatic rings. The van der Waals surface area contributed by atoms with Crippen molar-refractivity contribution in [2.45, 2.75) is 12.8 Å². The van der Waals surface area contributed by atoms with E-state index < -0.39 is 0 Å². The van der Waals surface area contributed by atoms with Crippen LogP contribution < -0.4 is 10.2 Å². The van der Waals surface area contributed by atoms with Crippen LogP contribution in [0.15, 0.2) is 46.9 Å². The molecule has 0 aliphatic heterocycles. The lowest BCUT2D eigenvalue weighted by molar-refractivity contribution is -0.127. The molecule has 0 aliphatic carbocycles. The number of aliphatic imine (C=N–C) groups is 1. The summed E-state index contributed by atoms with van der Waals surface area (Å²) in [5.74, 6) is 0.737. The molecule has 29 heavy (non-hydrogen) atoms. The summed E-state index contributed by atoms with van der Waals surface area (Å²) in [5.41, 5.74) is 1.21. The van der Waals surface area contributed by atoms with Crippen molar-refractivity contribution in [1.82, 2.24) is 20.1 Å². The van der Waals surface area contributed by atoms with E-state index in [2.05, 4.69) is 44.3 Å². The molecule has 0 saturated heterocycles. The molecule has 2 rings (SSSR count). The van der Waals surface area contributed by atoms with Gasteiger partial charge in [0, 0.05) is 71.5 Å². The summed E-state index contributed by atoms with van der Waals surface area (Å²) in [6.45, 7) is 2.65. The van der Waals surface area contributed by atoms with Crippen molar-refractivity contribution in [3.05, 3.63) is 46.9 Å². The number of nitrogens with one attached hydrogen (secondary N) is 1. The zero-order valence-corrected chi connectivity index (χ0v) is 18.7. The molecule has 0 unspecified atom stereocenters. The number of hydrogen-bond donors (Lipinski definition) is 1. The minimum absolute atomic E-state index is 0.0126. The first-order valence-electron chi connectivity index (χ1n) is 9.81. The number of rotatable bonds is 10. The fourth-order valence-corrected chi connectivity index (χ4v) is 3.28. The highest BCUT2D eigenvalue weighted by molar-refractivity contribution is 7.09. The number of para-hydroxylation sites is 1. The van der Waals surface area contributed by atoms with Crippen molar-refractivity contribution in [2.75, 3.05) is 59.3 Å². The largest absolute Gasteiger partial charge is 0.375 e. The second kappa shape index (κ2) is 12.1. The molecule has 0 saturated carbocycles. The quantitative estimate of drug-likeness (QED) is 0.365. The molecular weight excluding hydrogens is 384 g/mol. The molecule has 1 aromatic carbocycles. The van der Waals surface area contributed by atoms with Gasteiger partial charge in [-0.25, -0.2) is 9.98 Å². The Bertz CT molecular complexity index is 748. The van der Waals surface area contributed by atoms with E-state index in [1.54, 1.807) is 30.3 Å². The molecule has 1 N–H and O–H groups in total. The van der Waals surface area contributed by atoms with Gasteiger partial charge in [0.05, 0.1) is 5.01 Å². The molecule has 0 radical (unpaired) electrons. The van der Waals surface area contributed by atoms with E-state index in [4.69, 9.17) is 0 Å². The van der Waals surface area contributed by atoms with Crippen molar-refractivity contribution in [2.24, 2.45) is 4.99 Å². The molecule has 7 nitrogen and oxygen atoms in total. The molecule has 0 fully saturated rings. The normalized spacial score (nSPS) is 11.2. The Kier molecular flexibility index (Phi) is 9.43. The zero-order chi connectivity index (χ0) is 21.1. The third kappa shape index (κ3) is 8.11. The number of carbonyl (C=O) groups is 1. The van der Waals surface area contributed by atoms with E-state index in [0.717, 1.165) is 43.4 Å². The maximum atomic E-state index is 11.9. The van der Waals surface area contributed by atoms with Gasteiger partial charge in [-0.15, -0.1) is 11.3 Å². The Labute approximate surface area is 178 Å². The van der Waals surface area contributed by atoms with Crippen molar-refractivity contribution in [3.63, 3.8) is 0 Å². The van der Waals surface area contributed by atoms with Crippen LogP contribution in [0.25, 0.3) is 0 Å². The van der Waals surface area contributed by atoms with Crippen LogP contribution in [0.3, 0.4) is 0 Å². The second-order valence-electron chi connectivity index (χ2n) is 7.06. The Morgan fingerprint density at radius 1 is 1.14 bits per heavy atom. The predicted octanol–water partition coefficient (Wildman–Crippen LogP) is 2.18. The third-order valence-corrected chi connectivity index (χ3v) is 5.36. The Balaban J connectivity index is 1.86. The fraction of sp³-hybridized carbons (Fsp3) is 0.476. The lowest BCUT2D eigenvalue weighted by atomic mass is 10.3. The number of carbonyl (C=O) groups excluding carboxylic acids is 1. The first-order chi connectivity index (χ1) is 14.0. The number of likely N-dealkylation sites (N-methyl/N-ethyl adjacent to an activating group) is 2. The number of guanidine groups is 1. The first-order valence-corrected chi connectivity index (χ1v) is 10.7. The van der Waals surface area contributed by atoms with Crippen LogP contribution in [0, 0.1) is 0 Å². The average Bonchev–Trinajstić information content (AvgIpc) is 3.25. The van der Waals surface area contributed by atoms with Gasteiger partial charge in [-0.05, 0) is 18.6 Å². The lowest BCUT2D eigenvalue weighted by Crippen LogP contribution is -2.41. The zero-order valence-electron chi connectivity index (χ0n) is 17.8. The number of nitrogens with zero attached hydrogens (tertiary/aromatic N) is 5. The van der Waals surface area contributed by atoms with Crippen molar-refractivity contribution in [3.8, 4) is 0 Å². The maximum absolute atomic E-state index is 11.9. The van der Waals surface area contributed by atoms with Gasteiger partial charge in [-0.3, -0.25) is 4.79 Å². The highest BCUT2D eigenvalue weighted by Crippen LogP contribution is 2.10. The van der Waals surface area contributed by atoms with Gasteiger partial charge in [-0.2, -0.15) is 0 Å². The molecule has 158 valence electrons. The van der Waals surface area contributed by atoms with Gasteiger partial charge in [0.1, 0.15) is 6.54 Å². The smallest absolute Gasteiger partial charge is 0.243 e. The summed E-state index contributed by atoms with van der Waals surface area (Å²) in [6.07, 6.45) is 3.64. The molecule has 0 atom stereocenters. The Morgan fingerprint density at radius 3 is 2.55 bits per heavy atom. The minimum Gasteiger partial charge on any atom is -0.375 e. The van der Waals surface area contributed by atoms with Crippen LogP contribution in [0.5, 0.6) is 0 Å². The van der Waals surface area contributed by atoms with E-state index in [0.29, 0.717) is 0 Å². The van der Waals surface area contributed by atoms with Crippen molar-refractivity contribution in [1.29, 1.82) is 0 Å². The predicted molar refractivity (Wildman–Crippen MR) is 122 cm³/mol. The molecule has 1 amide bonds. The summed E-state index contributed by atoms with van der Waals surface area (Å²) in [7, 11) is 7.59. The summed E-state index contributed by atoms with van der Waals surface area (Å²) >= 11 is 1.66. The van der Waals surface area contributed by atoms with Gasteiger partial charge >= 0.3 is 0 Å². The Hall–Kier alpha value is -2.61. The fourth-order valence-electron chi connectivity index (χ4n) is 2.67. The average molecular weight is 417 g/mol. The highest BCUT2D eigenvalue weighted by Gasteiger charge is 2.10. The number of hydrogen-bond acceptors (Lipinski definition) is 5. The van der Waals surface area contributed by atoms with Crippen molar-refractivity contribution < 1.29 is 4.79 Å². The third-order valence-electron chi connectivity index (χ3n) is 4.52. The van der Waals surface area contributed by atoms with Crippen LogP contribution in [0.4, 0.5) is 5.69 Å². The van der Waals surface area contributed by atoms with E-state index in [1.165, 1.54) is 5.69 Å². The maximum Gasteiger partial charge on any atom is 0.243 e. The number of thiazole rings is 1. The molecular formula is C21H32N6OS. The van der Waals surface area contributed by atoms with E-state index >= 15 is 0 Å². The molecule has 8 heteroatoms. The van der Waals surface area contributed by atoms with Crippen LogP contribution in [-0.4, -0.2) is 81.0 Å². The summed E-state index contributed by atoms with van der Waals surface area (Å²) in [4.78, 5) is 26.7. The number of amides is 1. The van der Waals surface area contributed by atoms with Crippen LogP contribution >= 0.6 is 11.3 Å². The second-order valence-corrected chi connectivity index (χ2v) is 8.04. The van der Waals surface area contributed by atoms with Crippen molar-refractivity contribution >= 4 is 28.9 Å². The van der Waals surface area contributed by atoms with E-state index in [-0.39, 0.29) is 12.5 Å². The summed E-state index contributed by atoms with van der Waals surface area (Å²) in [5, 5.41) is 6.50. The van der Waals surface area contributed by atoms with E-state index in [1.807, 2.05) is 36.8 Å². The van der Waals surface area contributed by atoms with Gasteiger partial charge in [0.2, 0.25) is 5.91 Å². The number of anilines is 1. The number of aromatic nitrogens is 1. The molecule has 0 bridgehead atoms. The summed E-state index contributed by atoms with van der Waals surface area (Å²) < 4.78 is 0. The Morgan fingerprint density at radius 2 is 1.90 bits per heavy atom. The van der Waals surface area contributed by atoms with Gasteiger partial charge < -0.3 is 20.0 Å². The SMILES string of the molecule is CN(C)C(=O)CN=C(NCCCN(C)c1ccccc1)N(C)CCc1nccs1. The molecule has 0 aliphatic rings. The topological polar surface area (TPSA) is 64.1 Å². The monoisotopic (exact) mass is 416 g/mol. The van der Waals surface area contributed by atoms with E-state index in [9.17, 15) is 4.79 Å². The van der Waals surface area contributed by atoms with Gasteiger partial charge in [-0.1, -0.05) is 18.2 Å². The van der Waals surface area contributed by atoms with Crippen LogP contribution in [0.2, 0.25) is 0 Å². The highest BCUT2D eigenvalue weighted by atomic mass is 32.1. The molecule has 1 aromatic heterocycles.